The summed E-state index contributed by atoms with van der Waals surface area (Å²) in [4.78, 5) is 28.9. The Morgan fingerprint density at radius 2 is 1.90 bits per heavy atom. The molecular formula is C22H29N3O3S. The number of aromatic nitrogens is 1. The molecule has 0 spiro atoms. The number of rotatable bonds is 9. The number of carbonyl (C=O) groups is 2. The minimum atomic E-state index is -0.0909. The summed E-state index contributed by atoms with van der Waals surface area (Å²) in [6.07, 6.45) is 5.70. The lowest BCUT2D eigenvalue weighted by atomic mass is 9.89. The number of hydrogen-bond acceptors (Lipinski definition) is 5. The molecule has 2 amide bonds. The number of amides is 2. The summed E-state index contributed by atoms with van der Waals surface area (Å²) in [6, 6.07) is 7.79. The van der Waals surface area contributed by atoms with Gasteiger partial charge in [-0.2, -0.15) is 0 Å². The van der Waals surface area contributed by atoms with Crippen molar-refractivity contribution >= 4 is 23.2 Å². The van der Waals surface area contributed by atoms with Crippen LogP contribution in [0.4, 0.5) is 0 Å². The first-order valence-electron chi connectivity index (χ1n) is 10.4. The van der Waals surface area contributed by atoms with E-state index < -0.39 is 0 Å². The molecule has 2 N–H and O–H groups in total. The molecule has 156 valence electrons. The Morgan fingerprint density at radius 1 is 1.14 bits per heavy atom. The van der Waals surface area contributed by atoms with Gasteiger partial charge in [0.2, 0.25) is 11.8 Å². The predicted molar refractivity (Wildman–Crippen MR) is 115 cm³/mol. The monoisotopic (exact) mass is 415 g/mol. The van der Waals surface area contributed by atoms with Crippen molar-refractivity contribution in [2.75, 3.05) is 19.7 Å². The van der Waals surface area contributed by atoms with E-state index in [1.807, 2.05) is 36.6 Å². The molecule has 3 rings (SSSR count). The first kappa shape index (κ1) is 21.3. The first-order chi connectivity index (χ1) is 14.2. The molecule has 0 bridgehead atoms. The molecule has 6 nitrogen and oxygen atoms in total. The molecule has 0 radical (unpaired) electrons. The Hall–Kier alpha value is -2.41. The van der Waals surface area contributed by atoms with Crippen molar-refractivity contribution in [1.82, 2.24) is 15.6 Å². The van der Waals surface area contributed by atoms with Crippen molar-refractivity contribution < 1.29 is 14.3 Å². The Balaban J connectivity index is 1.43. The summed E-state index contributed by atoms with van der Waals surface area (Å²) in [5, 5.41) is 8.54. The van der Waals surface area contributed by atoms with Crippen molar-refractivity contribution in [1.29, 1.82) is 0 Å². The molecule has 29 heavy (non-hydrogen) atoms. The number of thiazole rings is 1. The van der Waals surface area contributed by atoms with Crippen LogP contribution in [0.15, 0.2) is 29.6 Å². The van der Waals surface area contributed by atoms with Crippen LogP contribution in [0, 0.1) is 5.92 Å². The molecule has 1 heterocycles. The zero-order valence-corrected chi connectivity index (χ0v) is 17.7. The largest absolute Gasteiger partial charge is 0.493 e. The maximum absolute atomic E-state index is 12.2. The number of nitrogens with zero attached hydrogens (tertiary/aromatic N) is 1. The smallest absolute Gasteiger partial charge is 0.226 e. The van der Waals surface area contributed by atoms with Gasteiger partial charge in [-0.1, -0.05) is 31.4 Å². The predicted octanol–water partition coefficient (Wildman–Crippen LogP) is 3.56. The van der Waals surface area contributed by atoms with Gasteiger partial charge in [-0.15, -0.1) is 11.3 Å². The Kier molecular flexibility index (Phi) is 8.04. The lowest BCUT2D eigenvalue weighted by Gasteiger charge is -2.20. The maximum atomic E-state index is 12.2. The molecule has 7 heteroatoms. The van der Waals surface area contributed by atoms with Gasteiger partial charge in [-0.25, -0.2) is 4.98 Å². The molecule has 1 aliphatic carbocycles. The molecule has 1 aromatic carbocycles. The molecule has 1 saturated carbocycles. The van der Waals surface area contributed by atoms with Gasteiger partial charge >= 0.3 is 0 Å². The lowest BCUT2D eigenvalue weighted by Crippen LogP contribution is -2.38. The van der Waals surface area contributed by atoms with Crippen LogP contribution in [0.2, 0.25) is 0 Å². The summed E-state index contributed by atoms with van der Waals surface area (Å²) < 4.78 is 5.66. The fourth-order valence-corrected chi connectivity index (χ4v) is 4.41. The fraction of sp³-hybridized carbons (Fsp3) is 0.500. The van der Waals surface area contributed by atoms with Crippen molar-refractivity contribution in [3.63, 3.8) is 0 Å². The average Bonchev–Trinajstić information content (AvgIpc) is 3.20. The number of benzene rings is 1. The lowest BCUT2D eigenvalue weighted by molar-refractivity contribution is -0.126. The summed E-state index contributed by atoms with van der Waals surface area (Å²) in [5.41, 5.74) is 1.68. The second kappa shape index (κ2) is 11.0. The number of nitrogens with one attached hydrogen (secondary N) is 2. The summed E-state index contributed by atoms with van der Waals surface area (Å²) in [6.45, 7) is 3.44. The van der Waals surface area contributed by atoms with Crippen molar-refractivity contribution in [2.45, 2.75) is 45.4 Å². The third-order valence-corrected chi connectivity index (χ3v) is 5.96. The molecule has 2 aromatic rings. The molecule has 0 aliphatic heterocycles. The van der Waals surface area contributed by atoms with Crippen molar-refractivity contribution in [2.24, 2.45) is 5.92 Å². The first-order valence-corrected chi connectivity index (χ1v) is 11.3. The normalized spacial score (nSPS) is 14.4. The highest BCUT2D eigenvalue weighted by atomic mass is 32.1. The van der Waals surface area contributed by atoms with Crippen LogP contribution in [0.5, 0.6) is 5.75 Å². The number of para-hydroxylation sites is 1. The van der Waals surface area contributed by atoms with Crippen molar-refractivity contribution in [3.8, 4) is 16.3 Å². The second-order valence-electron chi connectivity index (χ2n) is 7.23. The molecule has 1 aromatic heterocycles. The molecular weight excluding hydrogens is 386 g/mol. The van der Waals surface area contributed by atoms with Crippen LogP contribution in [-0.4, -0.2) is 36.5 Å². The SMILES string of the molecule is CCOc1ccccc1-c1nc(CC(=O)NCCNC(=O)C2CCCCC2)cs1. The number of carbonyl (C=O) groups excluding carboxylic acids is 2. The zero-order chi connectivity index (χ0) is 20.5. The number of ether oxygens (including phenoxy) is 1. The van der Waals surface area contributed by atoms with E-state index in [1.54, 1.807) is 0 Å². The van der Waals surface area contributed by atoms with E-state index in [4.69, 9.17) is 4.74 Å². The molecule has 1 aliphatic rings. The maximum Gasteiger partial charge on any atom is 0.226 e. The van der Waals surface area contributed by atoms with Gasteiger partial charge in [0.25, 0.3) is 0 Å². The minimum absolute atomic E-state index is 0.0909. The van der Waals surface area contributed by atoms with Crippen LogP contribution in [0.1, 0.15) is 44.7 Å². The van der Waals surface area contributed by atoms with E-state index in [2.05, 4.69) is 15.6 Å². The zero-order valence-electron chi connectivity index (χ0n) is 16.9. The Morgan fingerprint density at radius 3 is 2.69 bits per heavy atom. The number of hydrogen-bond donors (Lipinski definition) is 2. The highest BCUT2D eigenvalue weighted by Crippen LogP contribution is 2.32. The Labute approximate surface area is 176 Å². The van der Waals surface area contributed by atoms with Gasteiger partial charge in [0.05, 0.1) is 24.3 Å². The average molecular weight is 416 g/mol. The van der Waals surface area contributed by atoms with E-state index in [1.165, 1.54) is 17.8 Å². The van der Waals surface area contributed by atoms with Gasteiger partial charge in [0.1, 0.15) is 10.8 Å². The van der Waals surface area contributed by atoms with Crippen LogP contribution in [-0.2, 0) is 16.0 Å². The van der Waals surface area contributed by atoms with Crippen LogP contribution < -0.4 is 15.4 Å². The van der Waals surface area contributed by atoms with Crippen LogP contribution in [0.3, 0.4) is 0 Å². The second-order valence-corrected chi connectivity index (χ2v) is 8.08. The molecule has 0 unspecified atom stereocenters. The highest BCUT2D eigenvalue weighted by Gasteiger charge is 2.20. The van der Waals surface area contributed by atoms with E-state index in [0.717, 1.165) is 47.7 Å². The molecule has 0 atom stereocenters. The Bertz CT molecular complexity index is 815. The molecule has 0 saturated heterocycles. The van der Waals surface area contributed by atoms with Gasteiger partial charge in [-0.3, -0.25) is 9.59 Å². The fourth-order valence-electron chi connectivity index (χ4n) is 3.56. The summed E-state index contributed by atoms with van der Waals surface area (Å²) in [5.74, 6) is 0.976. The van der Waals surface area contributed by atoms with Crippen LogP contribution >= 0.6 is 11.3 Å². The van der Waals surface area contributed by atoms with Gasteiger partial charge in [-0.05, 0) is 31.9 Å². The topological polar surface area (TPSA) is 80.3 Å². The van der Waals surface area contributed by atoms with E-state index in [9.17, 15) is 9.59 Å². The third kappa shape index (κ3) is 6.29. The van der Waals surface area contributed by atoms with E-state index >= 15 is 0 Å². The minimum Gasteiger partial charge on any atom is -0.493 e. The third-order valence-electron chi connectivity index (χ3n) is 5.03. The van der Waals surface area contributed by atoms with Gasteiger partial charge in [0, 0.05) is 24.4 Å². The van der Waals surface area contributed by atoms with Gasteiger partial charge < -0.3 is 15.4 Å². The standard InChI is InChI=1S/C22H29N3O3S/c1-2-28-19-11-7-6-10-18(19)22-25-17(15-29-22)14-20(26)23-12-13-24-21(27)16-8-4-3-5-9-16/h6-7,10-11,15-16H,2-5,8-9,12-14H2,1H3,(H,23,26)(H,24,27). The summed E-state index contributed by atoms with van der Waals surface area (Å²) >= 11 is 1.50. The molecule has 1 fully saturated rings. The van der Waals surface area contributed by atoms with Crippen molar-refractivity contribution in [3.05, 3.63) is 35.3 Å². The van der Waals surface area contributed by atoms with Crippen LogP contribution in [0.25, 0.3) is 10.6 Å². The van der Waals surface area contributed by atoms with E-state index in [0.29, 0.717) is 19.7 Å². The summed E-state index contributed by atoms with van der Waals surface area (Å²) in [7, 11) is 0. The quantitative estimate of drug-likeness (QED) is 0.614. The van der Waals surface area contributed by atoms with E-state index in [-0.39, 0.29) is 24.2 Å². The highest BCUT2D eigenvalue weighted by molar-refractivity contribution is 7.13. The van der Waals surface area contributed by atoms with Gasteiger partial charge in [0.15, 0.2) is 0 Å².